The van der Waals surface area contributed by atoms with Gasteiger partial charge < -0.3 is 15.4 Å². The van der Waals surface area contributed by atoms with Gasteiger partial charge in [-0.1, -0.05) is 36.7 Å². The van der Waals surface area contributed by atoms with Crippen LogP contribution >= 0.6 is 22.9 Å². The zero-order chi connectivity index (χ0) is 25.1. The van der Waals surface area contributed by atoms with Gasteiger partial charge in [0.1, 0.15) is 16.6 Å². The molecule has 0 aliphatic carbocycles. The highest BCUT2D eigenvalue weighted by Crippen LogP contribution is 2.30. The molecule has 1 atom stereocenters. The molecule has 0 fully saturated rings. The van der Waals surface area contributed by atoms with E-state index in [0.717, 1.165) is 11.3 Å². The van der Waals surface area contributed by atoms with Crippen molar-refractivity contribution in [2.75, 3.05) is 17.7 Å². The molecule has 0 aliphatic heterocycles. The summed E-state index contributed by atoms with van der Waals surface area (Å²) in [4.78, 5) is 44.7. The van der Waals surface area contributed by atoms with Crippen LogP contribution in [0, 0.1) is 6.92 Å². The summed E-state index contributed by atoms with van der Waals surface area (Å²) in [7, 11) is 1.49. The minimum atomic E-state index is -0.830. The molecule has 35 heavy (non-hydrogen) atoms. The first kappa shape index (κ1) is 24.4. The summed E-state index contributed by atoms with van der Waals surface area (Å²) in [6.07, 6.45) is 1.69. The normalized spacial score (nSPS) is 11.8. The lowest BCUT2D eigenvalue weighted by atomic mass is 10.1. The average molecular weight is 511 g/mol. The fourth-order valence-electron chi connectivity index (χ4n) is 3.79. The molecule has 4 rings (SSSR count). The third kappa shape index (κ3) is 4.91. The van der Waals surface area contributed by atoms with Gasteiger partial charge in [-0.15, -0.1) is 11.3 Å². The molecule has 0 saturated heterocycles. The summed E-state index contributed by atoms with van der Waals surface area (Å²) in [6, 6.07) is 13.1. The molecule has 0 spiro atoms. The number of carbonyl (C=O) groups excluding carboxylic acids is 2. The van der Waals surface area contributed by atoms with E-state index in [1.165, 1.54) is 18.0 Å². The number of anilines is 2. The number of thiophene rings is 1. The van der Waals surface area contributed by atoms with Crippen LogP contribution in [0.1, 0.15) is 34.6 Å². The van der Waals surface area contributed by atoms with E-state index in [-0.39, 0.29) is 11.5 Å². The van der Waals surface area contributed by atoms with Crippen LogP contribution in [0.15, 0.2) is 59.7 Å². The van der Waals surface area contributed by atoms with Gasteiger partial charge in [0.15, 0.2) is 0 Å². The van der Waals surface area contributed by atoms with Crippen molar-refractivity contribution in [1.82, 2.24) is 9.55 Å². The first-order valence-corrected chi connectivity index (χ1v) is 12.0. The van der Waals surface area contributed by atoms with Gasteiger partial charge in [-0.3, -0.25) is 19.0 Å². The lowest BCUT2D eigenvalue weighted by Gasteiger charge is -2.18. The Morgan fingerprint density at radius 2 is 1.91 bits per heavy atom. The van der Waals surface area contributed by atoms with E-state index in [9.17, 15) is 14.4 Å². The summed E-state index contributed by atoms with van der Waals surface area (Å²) >= 11 is 7.21. The maximum absolute atomic E-state index is 13.5. The summed E-state index contributed by atoms with van der Waals surface area (Å²) in [5.41, 5.74) is 1.19. The van der Waals surface area contributed by atoms with Crippen molar-refractivity contribution in [2.45, 2.75) is 26.3 Å². The quantitative estimate of drug-likeness (QED) is 0.352. The second-order valence-corrected chi connectivity index (χ2v) is 9.21. The summed E-state index contributed by atoms with van der Waals surface area (Å²) in [5.74, 6) is -0.284. The van der Waals surface area contributed by atoms with E-state index in [0.29, 0.717) is 49.2 Å². The number of fused-ring (bicyclic) bond motifs is 1. The van der Waals surface area contributed by atoms with Crippen molar-refractivity contribution >= 4 is 56.3 Å². The van der Waals surface area contributed by atoms with E-state index < -0.39 is 11.9 Å². The Bertz CT molecular complexity index is 1470. The van der Waals surface area contributed by atoms with Crippen LogP contribution in [0.5, 0.6) is 5.75 Å². The zero-order valence-electron chi connectivity index (χ0n) is 19.3. The molecule has 2 aromatic heterocycles. The van der Waals surface area contributed by atoms with Crippen molar-refractivity contribution in [3.63, 3.8) is 0 Å². The molecule has 10 heteroatoms. The minimum absolute atomic E-state index is 0.319. The van der Waals surface area contributed by atoms with E-state index >= 15 is 0 Å². The van der Waals surface area contributed by atoms with Gasteiger partial charge >= 0.3 is 0 Å². The number of rotatable bonds is 7. The number of hydrogen-bond acceptors (Lipinski definition) is 6. The fraction of sp³-hybridized carbons (Fsp3) is 0.200. The summed E-state index contributed by atoms with van der Waals surface area (Å²) in [6.45, 7) is 3.51. The van der Waals surface area contributed by atoms with Crippen molar-refractivity contribution in [3.05, 3.63) is 80.7 Å². The lowest BCUT2D eigenvalue weighted by Crippen LogP contribution is -2.33. The Morgan fingerprint density at radius 3 is 2.60 bits per heavy atom. The van der Waals surface area contributed by atoms with E-state index in [4.69, 9.17) is 16.3 Å². The number of nitrogens with one attached hydrogen (secondary N) is 2. The highest BCUT2D eigenvalue weighted by atomic mass is 35.5. The van der Waals surface area contributed by atoms with Crippen LogP contribution in [0.2, 0.25) is 5.02 Å². The van der Waals surface area contributed by atoms with Gasteiger partial charge in [0.05, 0.1) is 29.4 Å². The van der Waals surface area contributed by atoms with E-state index in [1.807, 2.05) is 18.2 Å². The van der Waals surface area contributed by atoms with Gasteiger partial charge in [-0.2, -0.15) is 0 Å². The van der Waals surface area contributed by atoms with Crippen LogP contribution in [-0.4, -0.2) is 28.5 Å². The molecular weight excluding hydrogens is 488 g/mol. The third-order valence-electron chi connectivity index (χ3n) is 5.56. The number of nitrogens with zero attached hydrogens (tertiary/aromatic N) is 2. The van der Waals surface area contributed by atoms with Gasteiger partial charge in [-0.05, 0) is 49.2 Å². The summed E-state index contributed by atoms with van der Waals surface area (Å²) < 4.78 is 6.59. The number of methoxy groups -OCH3 is 1. The largest absolute Gasteiger partial charge is 0.495 e. The molecule has 8 nitrogen and oxygen atoms in total. The Hall–Kier alpha value is -3.69. The first-order valence-electron chi connectivity index (χ1n) is 10.8. The second-order valence-electron chi connectivity index (χ2n) is 7.77. The number of para-hydroxylation sites is 1. The number of carbonyl (C=O) groups is 2. The third-order valence-corrected chi connectivity index (χ3v) is 6.99. The number of aromatic nitrogens is 2. The number of hydrogen-bond donors (Lipinski definition) is 2. The van der Waals surface area contributed by atoms with E-state index in [2.05, 4.69) is 15.6 Å². The molecule has 0 aliphatic rings. The SMILES string of the molecule is CCC(C(=O)Nc1cc(Cl)ccc1OC)n1cnc2sc(C(=O)Nc3ccccc3)c(C)c2c1=O. The van der Waals surface area contributed by atoms with Crippen LogP contribution in [-0.2, 0) is 4.79 Å². The molecule has 2 aromatic carbocycles. The van der Waals surface area contributed by atoms with Gasteiger partial charge in [0.25, 0.3) is 11.5 Å². The van der Waals surface area contributed by atoms with Crippen LogP contribution < -0.4 is 20.9 Å². The van der Waals surface area contributed by atoms with Crippen LogP contribution in [0.4, 0.5) is 11.4 Å². The minimum Gasteiger partial charge on any atom is -0.495 e. The van der Waals surface area contributed by atoms with Gasteiger partial charge in [0.2, 0.25) is 5.91 Å². The fourth-order valence-corrected chi connectivity index (χ4v) is 4.99. The maximum Gasteiger partial charge on any atom is 0.266 e. The average Bonchev–Trinajstić information content (AvgIpc) is 3.19. The molecule has 0 radical (unpaired) electrons. The molecular formula is C25H23ClN4O4S. The zero-order valence-corrected chi connectivity index (χ0v) is 20.9. The number of ether oxygens (including phenoxy) is 1. The van der Waals surface area contributed by atoms with Crippen molar-refractivity contribution in [3.8, 4) is 5.75 Å². The van der Waals surface area contributed by atoms with Crippen molar-refractivity contribution < 1.29 is 14.3 Å². The lowest BCUT2D eigenvalue weighted by molar-refractivity contribution is -0.119. The number of benzene rings is 2. The first-order chi connectivity index (χ1) is 16.8. The Balaban J connectivity index is 1.67. The van der Waals surface area contributed by atoms with E-state index in [1.54, 1.807) is 44.2 Å². The molecule has 2 N–H and O–H groups in total. The predicted molar refractivity (Wildman–Crippen MR) is 139 cm³/mol. The summed E-state index contributed by atoms with van der Waals surface area (Å²) in [5, 5.41) is 6.39. The monoisotopic (exact) mass is 510 g/mol. The Kier molecular flexibility index (Phi) is 7.18. The van der Waals surface area contributed by atoms with Crippen molar-refractivity contribution in [2.24, 2.45) is 0 Å². The second kappa shape index (κ2) is 10.3. The highest BCUT2D eigenvalue weighted by molar-refractivity contribution is 7.20. The maximum atomic E-state index is 13.5. The van der Waals surface area contributed by atoms with Gasteiger partial charge in [0, 0.05) is 10.7 Å². The molecule has 2 amide bonds. The number of aryl methyl sites for hydroxylation is 1. The highest BCUT2D eigenvalue weighted by Gasteiger charge is 2.25. The molecule has 1 unspecified atom stereocenters. The molecule has 2 heterocycles. The molecule has 4 aromatic rings. The smallest absolute Gasteiger partial charge is 0.266 e. The van der Waals surface area contributed by atoms with Crippen LogP contribution in [0.3, 0.4) is 0 Å². The predicted octanol–water partition coefficient (Wildman–Crippen LogP) is 5.27. The Labute approximate surface area is 210 Å². The molecule has 0 bridgehead atoms. The topological polar surface area (TPSA) is 102 Å². The molecule has 180 valence electrons. The Morgan fingerprint density at radius 1 is 1.17 bits per heavy atom. The van der Waals surface area contributed by atoms with Crippen molar-refractivity contribution in [1.29, 1.82) is 0 Å². The number of amides is 2. The number of halogens is 1. The molecule has 0 saturated carbocycles. The standard InChI is InChI=1S/C25H23ClN4O4S/c1-4-18(22(31)29-17-12-15(26)10-11-19(17)34-3)30-13-27-24-20(25(30)33)14(2)21(35-24)23(32)28-16-8-6-5-7-9-16/h5-13,18H,4H2,1-3H3,(H,28,32)(H,29,31). The van der Waals surface area contributed by atoms with Crippen LogP contribution in [0.25, 0.3) is 10.2 Å². The van der Waals surface area contributed by atoms with Gasteiger partial charge in [-0.25, -0.2) is 4.98 Å².